The smallest absolute Gasteiger partial charge is 0.0959 e. The monoisotopic (exact) mass is 235 g/mol. The molecule has 1 saturated heterocycles. The molecule has 1 aliphatic rings. The van der Waals surface area contributed by atoms with E-state index in [2.05, 4.69) is 14.9 Å². The van der Waals surface area contributed by atoms with Crippen molar-refractivity contribution < 1.29 is 0 Å². The maximum Gasteiger partial charge on any atom is 0.0959 e. The van der Waals surface area contributed by atoms with Crippen LogP contribution >= 0.6 is 11.6 Å². The van der Waals surface area contributed by atoms with E-state index in [-0.39, 0.29) is 0 Å². The van der Waals surface area contributed by atoms with E-state index in [1.165, 1.54) is 12.8 Å². The van der Waals surface area contributed by atoms with Crippen molar-refractivity contribution in [3.8, 4) is 0 Å². The molecule has 1 aliphatic heterocycles. The van der Waals surface area contributed by atoms with Gasteiger partial charge in [-0.2, -0.15) is 0 Å². The van der Waals surface area contributed by atoms with Crippen LogP contribution in [0.4, 0.5) is 0 Å². The molecule has 1 unspecified atom stereocenters. The van der Waals surface area contributed by atoms with Crippen molar-refractivity contribution >= 4 is 22.6 Å². The Hall–Kier alpha value is -1.06. The minimum atomic E-state index is 0.564. The Bertz CT molecular complexity index is 500. The number of para-hydroxylation sites is 1. The molecule has 4 heteroatoms. The van der Waals surface area contributed by atoms with Crippen molar-refractivity contribution in [2.75, 3.05) is 6.54 Å². The van der Waals surface area contributed by atoms with Gasteiger partial charge < -0.3 is 9.88 Å². The maximum absolute atomic E-state index is 6.21. The summed E-state index contributed by atoms with van der Waals surface area (Å²) in [6, 6.07) is 6.42. The molecule has 1 aromatic carbocycles. The molecule has 1 fully saturated rings. The van der Waals surface area contributed by atoms with Crippen LogP contribution in [0.25, 0.3) is 11.0 Å². The first-order chi connectivity index (χ1) is 7.84. The number of hydrogen-bond acceptors (Lipinski definition) is 2. The molecular formula is C12H14ClN3. The topological polar surface area (TPSA) is 29.9 Å². The lowest BCUT2D eigenvalue weighted by molar-refractivity contribution is 0.517. The first-order valence-corrected chi connectivity index (χ1v) is 6.05. The van der Waals surface area contributed by atoms with Crippen LogP contribution in [0, 0.1) is 0 Å². The van der Waals surface area contributed by atoms with Crippen LogP contribution in [-0.4, -0.2) is 22.1 Å². The van der Waals surface area contributed by atoms with E-state index in [1.54, 1.807) is 0 Å². The molecular weight excluding hydrogens is 222 g/mol. The van der Waals surface area contributed by atoms with Gasteiger partial charge in [-0.05, 0) is 31.5 Å². The number of nitrogens with zero attached hydrogens (tertiary/aromatic N) is 2. The standard InChI is InChI=1S/C12H14ClN3/c13-10-4-1-5-11-12(10)16(8-15-11)7-9-3-2-6-14-9/h1,4-5,8-9,14H,2-3,6-7H2. The van der Waals surface area contributed by atoms with E-state index < -0.39 is 0 Å². The van der Waals surface area contributed by atoms with E-state index in [0.717, 1.165) is 29.1 Å². The zero-order chi connectivity index (χ0) is 11.0. The number of hydrogen-bond donors (Lipinski definition) is 1. The van der Waals surface area contributed by atoms with Crippen LogP contribution in [0.5, 0.6) is 0 Å². The average molecular weight is 236 g/mol. The first-order valence-electron chi connectivity index (χ1n) is 5.67. The fraction of sp³-hybridized carbons (Fsp3) is 0.417. The molecule has 1 aromatic heterocycles. The van der Waals surface area contributed by atoms with Gasteiger partial charge in [0.1, 0.15) is 0 Å². The van der Waals surface area contributed by atoms with Gasteiger partial charge in [0.2, 0.25) is 0 Å². The number of imidazole rings is 1. The summed E-state index contributed by atoms with van der Waals surface area (Å²) in [6.45, 7) is 2.09. The highest BCUT2D eigenvalue weighted by Crippen LogP contribution is 2.23. The Kier molecular flexibility index (Phi) is 2.58. The summed E-state index contributed by atoms with van der Waals surface area (Å²) in [4.78, 5) is 4.37. The maximum atomic E-state index is 6.21. The molecule has 3 nitrogen and oxygen atoms in total. The van der Waals surface area contributed by atoms with Crippen LogP contribution < -0.4 is 5.32 Å². The lowest BCUT2D eigenvalue weighted by Crippen LogP contribution is -2.26. The molecule has 0 aliphatic carbocycles. The predicted octanol–water partition coefficient (Wildman–Crippen LogP) is 2.44. The average Bonchev–Trinajstić information content (AvgIpc) is 2.90. The predicted molar refractivity (Wildman–Crippen MR) is 65.8 cm³/mol. The number of aromatic nitrogens is 2. The van der Waals surface area contributed by atoms with Gasteiger partial charge in [-0.25, -0.2) is 4.98 Å². The fourth-order valence-electron chi connectivity index (χ4n) is 2.37. The van der Waals surface area contributed by atoms with Crippen LogP contribution in [0.1, 0.15) is 12.8 Å². The molecule has 0 bridgehead atoms. The van der Waals surface area contributed by atoms with Crippen molar-refractivity contribution in [3.63, 3.8) is 0 Å². The zero-order valence-electron chi connectivity index (χ0n) is 8.99. The van der Waals surface area contributed by atoms with E-state index >= 15 is 0 Å². The second kappa shape index (κ2) is 4.07. The minimum absolute atomic E-state index is 0.564. The summed E-state index contributed by atoms with van der Waals surface area (Å²) in [5.41, 5.74) is 2.03. The highest BCUT2D eigenvalue weighted by Gasteiger charge is 2.16. The third-order valence-electron chi connectivity index (χ3n) is 3.17. The number of benzene rings is 1. The highest BCUT2D eigenvalue weighted by atomic mass is 35.5. The normalized spacial score (nSPS) is 20.7. The number of halogens is 1. The van der Waals surface area contributed by atoms with Gasteiger partial charge in [-0.15, -0.1) is 0 Å². The van der Waals surface area contributed by atoms with E-state index in [9.17, 15) is 0 Å². The summed E-state index contributed by atoms with van der Waals surface area (Å²) >= 11 is 6.21. The molecule has 0 saturated carbocycles. The van der Waals surface area contributed by atoms with Crippen LogP contribution in [0.2, 0.25) is 5.02 Å². The largest absolute Gasteiger partial charge is 0.328 e. The van der Waals surface area contributed by atoms with Gasteiger partial charge >= 0.3 is 0 Å². The lowest BCUT2D eigenvalue weighted by atomic mass is 10.2. The van der Waals surface area contributed by atoms with Crippen molar-refractivity contribution in [1.29, 1.82) is 0 Å². The van der Waals surface area contributed by atoms with Crippen LogP contribution in [0.3, 0.4) is 0 Å². The highest BCUT2D eigenvalue weighted by molar-refractivity contribution is 6.34. The van der Waals surface area contributed by atoms with Gasteiger partial charge in [0.15, 0.2) is 0 Å². The molecule has 2 aromatic rings. The summed E-state index contributed by atoms with van der Waals surface area (Å²) in [6.07, 6.45) is 4.39. The molecule has 1 N–H and O–H groups in total. The van der Waals surface area contributed by atoms with Gasteiger partial charge in [0.05, 0.1) is 22.4 Å². The fourth-order valence-corrected chi connectivity index (χ4v) is 2.65. The third-order valence-corrected chi connectivity index (χ3v) is 3.47. The molecule has 0 amide bonds. The van der Waals surface area contributed by atoms with Gasteiger partial charge in [-0.1, -0.05) is 17.7 Å². The zero-order valence-corrected chi connectivity index (χ0v) is 9.74. The van der Waals surface area contributed by atoms with Crippen molar-refractivity contribution in [2.24, 2.45) is 0 Å². The number of rotatable bonds is 2. The second-order valence-electron chi connectivity index (χ2n) is 4.30. The minimum Gasteiger partial charge on any atom is -0.328 e. The Labute approximate surface area is 99.4 Å². The van der Waals surface area contributed by atoms with Crippen molar-refractivity contribution in [3.05, 3.63) is 29.5 Å². The van der Waals surface area contributed by atoms with E-state index in [1.807, 2.05) is 24.5 Å². The van der Waals surface area contributed by atoms with Gasteiger partial charge in [0.25, 0.3) is 0 Å². The molecule has 0 radical (unpaired) electrons. The number of fused-ring (bicyclic) bond motifs is 1. The Morgan fingerprint density at radius 2 is 2.44 bits per heavy atom. The molecule has 3 rings (SSSR count). The molecule has 0 spiro atoms. The molecule has 1 atom stereocenters. The van der Waals surface area contributed by atoms with Crippen molar-refractivity contribution in [2.45, 2.75) is 25.4 Å². The third kappa shape index (κ3) is 1.70. The first kappa shape index (κ1) is 10.1. The second-order valence-corrected chi connectivity index (χ2v) is 4.70. The summed E-state index contributed by atoms with van der Waals surface area (Å²) in [7, 11) is 0. The van der Waals surface area contributed by atoms with E-state index in [4.69, 9.17) is 11.6 Å². The Morgan fingerprint density at radius 1 is 1.50 bits per heavy atom. The van der Waals surface area contributed by atoms with Crippen LogP contribution in [0.15, 0.2) is 24.5 Å². The molecule has 2 heterocycles. The molecule has 84 valence electrons. The van der Waals surface area contributed by atoms with Gasteiger partial charge in [0, 0.05) is 12.6 Å². The SMILES string of the molecule is Clc1cccc2ncn(CC3CCCN3)c12. The van der Waals surface area contributed by atoms with Crippen molar-refractivity contribution in [1.82, 2.24) is 14.9 Å². The van der Waals surface area contributed by atoms with E-state index in [0.29, 0.717) is 6.04 Å². The molecule has 16 heavy (non-hydrogen) atoms. The summed E-state index contributed by atoms with van der Waals surface area (Å²) in [5.74, 6) is 0. The van der Waals surface area contributed by atoms with Crippen LogP contribution in [-0.2, 0) is 6.54 Å². The lowest BCUT2D eigenvalue weighted by Gasteiger charge is -2.12. The quantitative estimate of drug-likeness (QED) is 0.867. The summed E-state index contributed by atoms with van der Waals surface area (Å²) in [5, 5.41) is 4.27. The van der Waals surface area contributed by atoms with Gasteiger partial charge in [-0.3, -0.25) is 0 Å². The Morgan fingerprint density at radius 3 is 3.25 bits per heavy atom. The summed E-state index contributed by atoms with van der Waals surface area (Å²) < 4.78 is 2.15. The number of nitrogens with one attached hydrogen (secondary N) is 1. The Balaban J connectivity index is 1.97.